The molecule has 13 nitrogen and oxygen atoms in total. The van der Waals surface area contributed by atoms with Crippen molar-refractivity contribution < 1.29 is 28.6 Å². The lowest BCUT2D eigenvalue weighted by atomic mass is 9.89. The van der Waals surface area contributed by atoms with E-state index >= 15 is 0 Å². The molecule has 3 aliphatic carbocycles. The van der Waals surface area contributed by atoms with E-state index in [1.54, 1.807) is 24.5 Å². The number of hydrogen-bond donors (Lipinski definition) is 4. The zero-order valence-electron chi connectivity index (χ0n) is 48.2. The second-order valence-electron chi connectivity index (χ2n) is 23.2. The van der Waals surface area contributed by atoms with Crippen LogP contribution in [0.1, 0.15) is 198 Å². The number of nitrogens with zero attached hydrogens (tertiary/aromatic N) is 3. The quantitative estimate of drug-likeness (QED) is 0.0834. The summed E-state index contributed by atoms with van der Waals surface area (Å²) in [7, 11) is 0. The molecule has 3 saturated carbocycles. The number of allylic oxidation sites excluding steroid dienone is 2. The maximum atomic E-state index is 11.6. The maximum Gasteiger partial charge on any atom is 0.407 e. The van der Waals surface area contributed by atoms with Crippen molar-refractivity contribution in [1.29, 1.82) is 0 Å². The Bertz CT molecular complexity index is 2480. The van der Waals surface area contributed by atoms with Gasteiger partial charge in [-0.2, -0.15) is 0 Å². The zero-order chi connectivity index (χ0) is 56.8. The number of hydrogen-bond acceptors (Lipinski definition) is 10. The molecule has 0 aliphatic heterocycles. The molecule has 5 N–H and O–H groups in total. The Kier molecular flexibility index (Phi) is 28.0. The monoisotopic (exact) mass is 1090 g/mol. The molecule has 3 heterocycles. The van der Waals surface area contributed by atoms with Gasteiger partial charge in [0.05, 0.1) is 11.4 Å². The van der Waals surface area contributed by atoms with Gasteiger partial charge in [-0.15, -0.1) is 0 Å². The lowest BCUT2D eigenvalue weighted by Crippen LogP contribution is -2.32. The first kappa shape index (κ1) is 64.3. The van der Waals surface area contributed by atoms with Crippen LogP contribution in [0.2, 0.25) is 5.02 Å². The lowest BCUT2D eigenvalue weighted by Gasteiger charge is -2.19. The van der Waals surface area contributed by atoms with Crippen molar-refractivity contribution in [2.45, 2.75) is 202 Å². The summed E-state index contributed by atoms with van der Waals surface area (Å²) in [6, 6.07) is 19.2. The van der Waals surface area contributed by atoms with Gasteiger partial charge in [-0.3, -0.25) is 9.97 Å². The molecule has 0 saturated heterocycles. The van der Waals surface area contributed by atoms with Gasteiger partial charge in [0.1, 0.15) is 22.5 Å². The van der Waals surface area contributed by atoms with Gasteiger partial charge >= 0.3 is 18.3 Å². The second kappa shape index (κ2) is 33.9. The third-order valence-corrected chi connectivity index (χ3v) is 12.8. The number of aromatic nitrogens is 3. The Balaban J connectivity index is 0.000000228. The first-order valence-corrected chi connectivity index (χ1v) is 28.6. The summed E-state index contributed by atoms with van der Waals surface area (Å²) in [5.74, 6) is 8.50. The van der Waals surface area contributed by atoms with Crippen LogP contribution in [0, 0.1) is 29.6 Å². The van der Waals surface area contributed by atoms with E-state index in [-0.39, 0.29) is 0 Å². The fourth-order valence-corrected chi connectivity index (χ4v) is 8.64. The molecule has 3 aliphatic rings. The number of benzene rings is 1. The molecule has 0 unspecified atom stereocenters. The number of pyridine rings is 3. The summed E-state index contributed by atoms with van der Waals surface area (Å²) in [5, 5.41) is 8.81. The minimum atomic E-state index is -0.485. The Morgan fingerprint density at radius 2 is 0.897 bits per heavy atom. The van der Waals surface area contributed by atoms with Gasteiger partial charge in [-0.05, 0) is 183 Å². The van der Waals surface area contributed by atoms with Gasteiger partial charge < -0.3 is 35.9 Å². The highest BCUT2D eigenvalue weighted by Crippen LogP contribution is 2.27. The molecule has 3 amide bonds. The predicted molar refractivity (Wildman–Crippen MR) is 316 cm³/mol. The van der Waals surface area contributed by atoms with Crippen LogP contribution in [0.5, 0.6) is 0 Å². The van der Waals surface area contributed by atoms with E-state index in [4.69, 9.17) is 31.5 Å². The second-order valence-corrected chi connectivity index (χ2v) is 23.7. The third kappa shape index (κ3) is 30.1. The Morgan fingerprint density at radius 1 is 0.526 bits per heavy atom. The summed E-state index contributed by atoms with van der Waals surface area (Å²) in [6.07, 6.45) is 32.9. The summed E-state index contributed by atoms with van der Waals surface area (Å²) in [6.45, 7) is 18.4. The van der Waals surface area contributed by atoms with E-state index in [2.05, 4.69) is 67.0 Å². The van der Waals surface area contributed by atoms with Gasteiger partial charge in [0.15, 0.2) is 0 Å². The van der Waals surface area contributed by atoms with Crippen molar-refractivity contribution in [2.75, 3.05) is 0 Å². The number of nitrogens with two attached hydrogens (primary N) is 1. The molecule has 1 aromatic carbocycles. The fourth-order valence-electron chi connectivity index (χ4n) is 8.51. The zero-order valence-corrected chi connectivity index (χ0v) is 49.0. The number of carbonyl (C=O) groups is 3. The molecule has 0 bridgehead atoms. The van der Waals surface area contributed by atoms with Crippen LogP contribution in [0.25, 0.3) is 12.2 Å². The highest BCUT2D eigenvalue weighted by atomic mass is 35.5. The van der Waals surface area contributed by atoms with E-state index in [1.165, 1.54) is 96.3 Å². The molecule has 424 valence electrons. The van der Waals surface area contributed by atoms with Crippen LogP contribution in [0.4, 0.5) is 14.4 Å². The van der Waals surface area contributed by atoms with Crippen molar-refractivity contribution in [2.24, 2.45) is 23.5 Å². The van der Waals surface area contributed by atoms with Gasteiger partial charge in [-0.1, -0.05) is 118 Å². The largest absolute Gasteiger partial charge is 0.444 e. The van der Waals surface area contributed by atoms with Crippen molar-refractivity contribution in [3.8, 4) is 11.8 Å². The van der Waals surface area contributed by atoms with E-state index < -0.39 is 35.1 Å². The molecule has 14 heteroatoms. The van der Waals surface area contributed by atoms with E-state index in [9.17, 15) is 14.4 Å². The summed E-state index contributed by atoms with van der Waals surface area (Å²) in [4.78, 5) is 47.7. The van der Waals surface area contributed by atoms with Crippen LogP contribution in [0.3, 0.4) is 0 Å². The van der Waals surface area contributed by atoms with E-state index in [0.29, 0.717) is 43.0 Å². The van der Waals surface area contributed by atoms with Gasteiger partial charge in [0.2, 0.25) is 0 Å². The first-order valence-electron chi connectivity index (χ1n) is 28.2. The van der Waals surface area contributed by atoms with E-state index in [1.807, 2.05) is 117 Å². The van der Waals surface area contributed by atoms with Crippen LogP contribution in [-0.2, 0) is 40.4 Å². The summed E-state index contributed by atoms with van der Waals surface area (Å²) in [5.41, 5.74) is 10.9. The van der Waals surface area contributed by atoms with Gasteiger partial charge in [0.25, 0.3) is 0 Å². The highest BCUT2D eigenvalue weighted by Gasteiger charge is 2.18. The Hall–Kier alpha value is -6.23. The SMILES string of the molecule is CC(C)(C)OC(=O)NCc1ccc(/C=C\C2CCCCC2)nc1.CC(C)(C)OC(=O)NCc1ccc(C#CC2CCCCC2)nc1.CC(C)(C)OC(=O)NCc1ccc(Cl)cc1.NCc1ccc(/C=C\C2CCCCC2)nc1. The van der Waals surface area contributed by atoms with Crippen LogP contribution < -0.4 is 21.7 Å². The molecule has 0 radical (unpaired) electrons. The molecular weight excluding hydrogens is 998 g/mol. The van der Waals surface area contributed by atoms with Gasteiger partial charge in [-0.25, -0.2) is 19.4 Å². The fraction of sp³-hybridized carbons (Fsp3) is 0.531. The number of ether oxygens (including phenoxy) is 3. The van der Waals surface area contributed by atoms with Crippen molar-refractivity contribution >= 4 is 42.0 Å². The van der Waals surface area contributed by atoms with E-state index in [0.717, 1.165) is 45.3 Å². The van der Waals surface area contributed by atoms with Crippen molar-refractivity contribution in [3.63, 3.8) is 0 Å². The van der Waals surface area contributed by atoms with Crippen LogP contribution >= 0.6 is 11.6 Å². The summed E-state index contributed by atoms with van der Waals surface area (Å²) >= 11 is 5.75. The molecule has 0 spiro atoms. The highest BCUT2D eigenvalue weighted by molar-refractivity contribution is 6.30. The first-order chi connectivity index (χ1) is 37.1. The standard InChI is InChI=1S/C19H28N2O2.C19H26N2O2.C14H20N2.C12H16ClNO2/c2*1-19(2,3)23-18(22)21-14-16-10-12-17(20-13-16)11-9-15-7-5-4-6-8-15;15-10-13-7-9-14(16-11-13)8-6-12-4-2-1-3-5-12;1-12(2,3)16-11(15)14-8-9-4-6-10(13)7-5-9/h9-13,15H,4-8,14H2,1-3H3,(H,21,22);10,12-13,15H,4-8,14H2,1-3H3,(H,21,22);6-9,11-12H,1-5,10,15H2;4-7H,8H2,1-3H3,(H,14,15)/b11-9-;;8-6-;. The van der Waals surface area contributed by atoms with Gasteiger partial charge in [0, 0.05) is 55.7 Å². The summed E-state index contributed by atoms with van der Waals surface area (Å²) < 4.78 is 15.5. The molecule has 0 atom stereocenters. The minimum Gasteiger partial charge on any atom is -0.444 e. The molecule has 3 aromatic heterocycles. The predicted octanol–water partition coefficient (Wildman–Crippen LogP) is 15.2. The topological polar surface area (TPSA) is 180 Å². The number of nitrogens with one attached hydrogen (secondary N) is 3. The van der Waals surface area contributed by atoms with Crippen molar-refractivity contribution in [1.82, 2.24) is 30.9 Å². The number of amides is 3. The molecular formula is C64H90ClN7O6. The average Bonchev–Trinajstić information content (AvgIpc) is 3.41. The molecule has 4 aromatic rings. The molecule has 7 rings (SSSR count). The van der Waals surface area contributed by atoms with Crippen LogP contribution in [0.15, 0.2) is 91.4 Å². The molecule has 78 heavy (non-hydrogen) atoms. The number of halogens is 1. The molecule has 3 fully saturated rings. The minimum absolute atomic E-state index is 0.401. The number of carbonyl (C=O) groups excluding carboxylic acids is 3. The lowest BCUT2D eigenvalue weighted by molar-refractivity contribution is 0.0512. The third-order valence-electron chi connectivity index (χ3n) is 12.6. The maximum absolute atomic E-state index is 11.6. The normalized spacial score (nSPS) is 15.4. The smallest absolute Gasteiger partial charge is 0.407 e. The average molecular weight is 1090 g/mol. The number of alkyl carbamates (subject to hydrolysis) is 3. The Morgan fingerprint density at radius 3 is 1.27 bits per heavy atom. The Labute approximate surface area is 472 Å². The van der Waals surface area contributed by atoms with Crippen LogP contribution in [-0.4, -0.2) is 50.0 Å². The van der Waals surface area contributed by atoms with Crippen molar-refractivity contribution in [3.05, 3.63) is 136 Å². The number of rotatable bonds is 11.